The molecule has 0 aliphatic rings. The zero-order valence-corrected chi connectivity index (χ0v) is 20.9. The van der Waals surface area contributed by atoms with E-state index >= 15 is 0 Å². The number of carbonyl (C=O) groups is 1. The first kappa shape index (κ1) is 26.1. The lowest BCUT2D eigenvalue weighted by Gasteiger charge is -2.10. The van der Waals surface area contributed by atoms with Gasteiger partial charge in [0.1, 0.15) is 5.75 Å². The minimum Gasteiger partial charge on any atom is -0.494 e. The molecule has 0 spiro atoms. The number of thiocarbonyl (C=S) groups is 1. The van der Waals surface area contributed by atoms with E-state index in [0.29, 0.717) is 25.3 Å². The second kappa shape index (κ2) is 12.8. The lowest BCUT2D eigenvalue weighted by atomic mass is 10.2. The van der Waals surface area contributed by atoms with Crippen molar-refractivity contribution in [3.8, 4) is 5.75 Å². The average molecular weight is 510 g/mol. The maximum absolute atomic E-state index is 12.5. The van der Waals surface area contributed by atoms with Crippen LogP contribution in [-0.4, -0.2) is 32.6 Å². The van der Waals surface area contributed by atoms with Crippen molar-refractivity contribution in [1.29, 1.82) is 0 Å². The molecule has 0 bridgehead atoms. The van der Waals surface area contributed by atoms with E-state index in [-0.39, 0.29) is 10.0 Å². The van der Waals surface area contributed by atoms with E-state index in [4.69, 9.17) is 17.0 Å². The topological polar surface area (TPSA) is 96.5 Å². The fourth-order valence-electron chi connectivity index (χ4n) is 3.10. The smallest absolute Gasteiger partial charge is 0.250 e. The van der Waals surface area contributed by atoms with Crippen LogP contribution in [0.2, 0.25) is 0 Å². The number of amides is 1. The molecule has 0 saturated carbocycles. The van der Waals surface area contributed by atoms with Crippen LogP contribution in [0, 0.1) is 0 Å². The monoisotopic (exact) mass is 509 g/mol. The number of anilines is 1. The van der Waals surface area contributed by atoms with Crippen LogP contribution in [0.15, 0.2) is 89.8 Å². The number of hydrogen-bond acceptors (Lipinski definition) is 5. The average Bonchev–Trinajstić information content (AvgIpc) is 2.84. The van der Waals surface area contributed by atoms with Gasteiger partial charge in [-0.3, -0.25) is 10.1 Å². The Morgan fingerprint density at radius 2 is 1.66 bits per heavy atom. The molecule has 0 aromatic heterocycles. The maximum atomic E-state index is 12.5. The van der Waals surface area contributed by atoms with Crippen molar-refractivity contribution < 1.29 is 17.9 Å². The molecule has 3 aromatic carbocycles. The third-order valence-corrected chi connectivity index (χ3v) is 6.51. The molecule has 3 N–H and O–H groups in total. The van der Waals surface area contributed by atoms with Gasteiger partial charge in [-0.25, -0.2) is 13.1 Å². The Bertz CT molecular complexity index is 1260. The molecule has 35 heavy (non-hydrogen) atoms. The van der Waals surface area contributed by atoms with Crippen LogP contribution in [0.3, 0.4) is 0 Å². The summed E-state index contributed by atoms with van der Waals surface area (Å²) in [4.78, 5) is 12.3. The van der Waals surface area contributed by atoms with Gasteiger partial charge in [-0.15, -0.1) is 0 Å². The molecule has 0 unspecified atom stereocenters. The third-order valence-electron chi connectivity index (χ3n) is 4.83. The Kier molecular flexibility index (Phi) is 9.54. The standard InChI is InChI=1S/C26H27N3O4S2/c1-2-33-23-13-8-21(9-14-23)10-17-25(30)29-26(34)28-22-11-15-24(16-12-22)35(31,32)27-19-18-20-6-4-3-5-7-20/h3-17,27H,2,18-19H2,1H3,(H2,28,29,30,34)/b17-10+. The summed E-state index contributed by atoms with van der Waals surface area (Å²) in [6.07, 6.45) is 3.64. The zero-order chi connectivity index (χ0) is 25.1. The summed E-state index contributed by atoms with van der Waals surface area (Å²) in [7, 11) is -3.63. The highest BCUT2D eigenvalue weighted by Gasteiger charge is 2.13. The summed E-state index contributed by atoms with van der Waals surface area (Å²) >= 11 is 5.18. The summed E-state index contributed by atoms with van der Waals surface area (Å²) in [6.45, 7) is 2.80. The maximum Gasteiger partial charge on any atom is 0.250 e. The molecule has 0 saturated heterocycles. The Morgan fingerprint density at radius 3 is 2.31 bits per heavy atom. The van der Waals surface area contributed by atoms with Gasteiger partial charge in [-0.05, 0) is 79.2 Å². The van der Waals surface area contributed by atoms with Gasteiger partial charge in [0.05, 0.1) is 11.5 Å². The van der Waals surface area contributed by atoms with E-state index in [9.17, 15) is 13.2 Å². The fourth-order valence-corrected chi connectivity index (χ4v) is 4.36. The second-order valence-corrected chi connectivity index (χ2v) is 9.61. The molecule has 0 atom stereocenters. The quantitative estimate of drug-likeness (QED) is 0.281. The van der Waals surface area contributed by atoms with Gasteiger partial charge in [0.15, 0.2) is 5.11 Å². The van der Waals surface area contributed by atoms with Crippen molar-refractivity contribution in [3.05, 3.63) is 96.1 Å². The summed E-state index contributed by atoms with van der Waals surface area (Å²) in [5.41, 5.74) is 2.45. The van der Waals surface area contributed by atoms with Gasteiger partial charge in [-0.1, -0.05) is 42.5 Å². The largest absolute Gasteiger partial charge is 0.494 e. The molecule has 1 amide bonds. The summed E-state index contributed by atoms with van der Waals surface area (Å²) in [5, 5.41) is 5.53. The molecule has 0 aliphatic heterocycles. The number of hydrogen-bond donors (Lipinski definition) is 3. The molecule has 0 fully saturated rings. The van der Waals surface area contributed by atoms with Crippen LogP contribution in [0.5, 0.6) is 5.75 Å². The van der Waals surface area contributed by atoms with Gasteiger partial charge in [0, 0.05) is 18.3 Å². The Balaban J connectivity index is 1.47. The molecule has 0 heterocycles. The van der Waals surface area contributed by atoms with Crippen LogP contribution in [0.1, 0.15) is 18.1 Å². The SMILES string of the molecule is CCOc1ccc(/C=C/C(=O)NC(=S)Nc2ccc(S(=O)(=O)NCCc3ccccc3)cc2)cc1. The number of nitrogens with one attached hydrogen (secondary N) is 3. The second-order valence-electron chi connectivity index (χ2n) is 7.44. The molecular weight excluding hydrogens is 482 g/mol. The van der Waals surface area contributed by atoms with Crippen LogP contribution < -0.4 is 20.1 Å². The van der Waals surface area contributed by atoms with Gasteiger partial charge in [0.25, 0.3) is 0 Å². The lowest BCUT2D eigenvalue weighted by Crippen LogP contribution is -2.32. The normalized spacial score (nSPS) is 11.2. The van der Waals surface area contributed by atoms with E-state index < -0.39 is 15.9 Å². The van der Waals surface area contributed by atoms with Crippen molar-refractivity contribution in [2.24, 2.45) is 0 Å². The predicted octanol–water partition coefficient (Wildman–Crippen LogP) is 4.13. The van der Waals surface area contributed by atoms with Crippen LogP contribution >= 0.6 is 12.2 Å². The van der Waals surface area contributed by atoms with E-state index in [1.165, 1.54) is 18.2 Å². The van der Waals surface area contributed by atoms with Crippen LogP contribution in [0.4, 0.5) is 5.69 Å². The molecule has 0 aliphatic carbocycles. The van der Waals surface area contributed by atoms with Crippen molar-refractivity contribution in [2.75, 3.05) is 18.5 Å². The van der Waals surface area contributed by atoms with E-state index in [1.807, 2.05) is 61.5 Å². The molecule has 3 aromatic rings. The Morgan fingerprint density at radius 1 is 0.971 bits per heavy atom. The van der Waals surface area contributed by atoms with E-state index in [2.05, 4.69) is 15.4 Å². The Hall–Kier alpha value is -3.53. The third kappa shape index (κ3) is 8.64. The minimum absolute atomic E-state index is 0.0999. The van der Waals surface area contributed by atoms with Crippen molar-refractivity contribution in [2.45, 2.75) is 18.2 Å². The van der Waals surface area contributed by atoms with Gasteiger partial charge in [0.2, 0.25) is 15.9 Å². The molecule has 0 radical (unpaired) electrons. The Labute approximate surface area is 211 Å². The predicted molar refractivity (Wildman–Crippen MR) is 143 cm³/mol. The van der Waals surface area contributed by atoms with Crippen LogP contribution in [-0.2, 0) is 21.2 Å². The first-order chi connectivity index (χ1) is 16.9. The van der Waals surface area contributed by atoms with Crippen molar-refractivity contribution in [3.63, 3.8) is 0 Å². The highest BCUT2D eigenvalue weighted by molar-refractivity contribution is 7.89. The summed E-state index contributed by atoms with van der Waals surface area (Å²) in [6, 6.07) is 23.1. The summed E-state index contributed by atoms with van der Waals surface area (Å²) in [5.74, 6) is 0.375. The molecular formula is C26H27N3O4S2. The number of carbonyl (C=O) groups excluding carboxylic acids is 1. The minimum atomic E-state index is -3.63. The number of ether oxygens (including phenoxy) is 1. The first-order valence-corrected chi connectivity index (χ1v) is 12.9. The molecule has 7 nitrogen and oxygen atoms in total. The van der Waals surface area contributed by atoms with Crippen molar-refractivity contribution >= 4 is 45.0 Å². The molecule has 3 rings (SSSR count). The number of rotatable bonds is 10. The lowest BCUT2D eigenvalue weighted by molar-refractivity contribution is -0.115. The van der Waals surface area contributed by atoms with Gasteiger partial charge >= 0.3 is 0 Å². The van der Waals surface area contributed by atoms with E-state index in [0.717, 1.165) is 16.9 Å². The van der Waals surface area contributed by atoms with Crippen LogP contribution in [0.25, 0.3) is 6.08 Å². The van der Waals surface area contributed by atoms with Crippen molar-refractivity contribution in [1.82, 2.24) is 10.0 Å². The number of benzene rings is 3. The highest BCUT2D eigenvalue weighted by atomic mass is 32.2. The highest BCUT2D eigenvalue weighted by Crippen LogP contribution is 2.15. The first-order valence-electron chi connectivity index (χ1n) is 11.0. The van der Waals surface area contributed by atoms with Gasteiger partial charge < -0.3 is 10.1 Å². The van der Waals surface area contributed by atoms with E-state index in [1.54, 1.807) is 18.2 Å². The molecule has 9 heteroatoms. The summed E-state index contributed by atoms with van der Waals surface area (Å²) < 4.78 is 33.0. The zero-order valence-electron chi connectivity index (χ0n) is 19.2. The fraction of sp³-hybridized carbons (Fsp3) is 0.154. The molecule has 182 valence electrons. The number of sulfonamides is 1. The van der Waals surface area contributed by atoms with Gasteiger partial charge in [-0.2, -0.15) is 0 Å².